The Morgan fingerprint density at radius 2 is 1.87 bits per heavy atom. The van der Waals surface area contributed by atoms with Crippen molar-refractivity contribution in [2.24, 2.45) is 0 Å². The number of methoxy groups -OCH3 is 2. The average molecular weight is 440 g/mol. The fourth-order valence-corrected chi connectivity index (χ4v) is 4.81. The van der Waals surface area contributed by atoms with Crippen LogP contribution in [0, 0.1) is 0 Å². The Morgan fingerprint density at radius 1 is 1.07 bits per heavy atom. The molecule has 0 saturated carbocycles. The summed E-state index contributed by atoms with van der Waals surface area (Å²) in [6.45, 7) is 1.85. The van der Waals surface area contributed by atoms with Gasteiger partial charge in [-0.3, -0.25) is 0 Å². The van der Waals surface area contributed by atoms with Crippen molar-refractivity contribution in [3.63, 3.8) is 0 Å². The molecule has 4 rings (SSSR count). The molecule has 0 aromatic heterocycles. The summed E-state index contributed by atoms with van der Waals surface area (Å²) >= 11 is 12.0. The molecule has 0 bridgehead atoms. The van der Waals surface area contributed by atoms with Crippen LogP contribution in [-0.4, -0.2) is 32.2 Å². The van der Waals surface area contributed by atoms with Crippen molar-refractivity contribution in [3.8, 4) is 11.5 Å². The number of benzene rings is 2. The van der Waals surface area contributed by atoms with Crippen LogP contribution in [0.5, 0.6) is 11.5 Å². The third-order valence-corrected chi connectivity index (χ3v) is 6.57. The standard InChI is InChI=1S/C25H26ClNO2S/c1-28-23-16-18-11-13-27(14-12-21(18)24(26)25(23)29-2)22-6-4-3-5-19(22)15-17-7-9-20(30)10-8-17/h3-9,16H,10-15H2,1-2H3. The Bertz CT molecular complexity index is 1030. The first-order valence-corrected chi connectivity index (χ1v) is 11.0. The molecule has 0 N–H and O–H groups in total. The van der Waals surface area contributed by atoms with E-state index in [0.29, 0.717) is 16.5 Å². The summed E-state index contributed by atoms with van der Waals surface area (Å²) in [6, 6.07) is 10.8. The fraction of sp³-hybridized carbons (Fsp3) is 0.320. The highest BCUT2D eigenvalue weighted by Gasteiger charge is 2.23. The van der Waals surface area contributed by atoms with Crippen LogP contribution < -0.4 is 14.4 Å². The number of fused-ring (bicyclic) bond motifs is 1. The predicted molar refractivity (Wildman–Crippen MR) is 129 cm³/mol. The molecular weight excluding hydrogens is 414 g/mol. The highest BCUT2D eigenvalue weighted by Crippen LogP contribution is 2.41. The highest BCUT2D eigenvalue weighted by atomic mass is 35.5. The summed E-state index contributed by atoms with van der Waals surface area (Å²) in [4.78, 5) is 3.47. The molecule has 0 atom stereocenters. The van der Waals surface area contributed by atoms with E-state index in [4.69, 9.17) is 33.3 Å². The van der Waals surface area contributed by atoms with E-state index >= 15 is 0 Å². The van der Waals surface area contributed by atoms with Crippen LogP contribution in [0.15, 0.2) is 54.1 Å². The van der Waals surface area contributed by atoms with Crippen molar-refractivity contribution in [1.82, 2.24) is 0 Å². The zero-order chi connectivity index (χ0) is 21.1. The smallest absolute Gasteiger partial charge is 0.179 e. The van der Waals surface area contributed by atoms with Gasteiger partial charge in [-0.2, -0.15) is 0 Å². The quantitative estimate of drug-likeness (QED) is 0.552. The second-order valence-electron chi connectivity index (χ2n) is 7.64. The summed E-state index contributed by atoms with van der Waals surface area (Å²) in [6.07, 6.45) is 10.0. The maximum Gasteiger partial charge on any atom is 0.179 e. The monoisotopic (exact) mass is 439 g/mol. The van der Waals surface area contributed by atoms with Crippen molar-refractivity contribution in [1.29, 1.82) is 0 Å². The van der Waals surface area contributed by atoms with Crippen LogP contribution in [0.4, 0.5) is 5.69 Å². The summed E-state index contributed by atoms with van der Waals surface area (Å²) in [7, 11) is 3.29. The summed E-state index contributed by atoms with van der Waals surface area (Å²) in [5.41, 5.74) is 6.37. The number of para-hydroxylation sites is 1. The molecule has 0 amide bonds. The maximum atomic E-state index is 6.70. The molecule has 0 spiro atoms. The first kappa shape index (κ1) is 21.0. The normalized spacial score (nSPS) is 16.0. The van der Waals surface area contributed by atoms with Gasteiger partial charge in [-0.05, 0) is 59.7 Å². The zero-order valence-corrected chi connectivity index (χ0v) is 19.0. The molecule has 1 aliphatic carbocycles. The number of hydrogen-bond acceptors (Lipinski definition) is 4. The number of halogens is 1. The van der Waals surface area contributed by atoms with Gasteiger partial charge in [0.25, 0.3) is 0 Å². The minimum absolute atomic E-state index is 0.626. The Kier molecular flexibility index (Phi) is 6.45. The number of hydrogen-bond donors (Lipinski definition) is 0. The second kappa shape index (κ2) is 9.23. The lowest BCUT2D eigenvalue weighted by molar-refractivity contribution is 0.354. The van der Waals surface area contributed by atoms with Gasteiger partial charge in [-0.1, -0.05) is 54.2 Å². The fourth-order valence-electron chi connectivity index (χ4n) is 4.27. The van der Waals surface area contributed by atoms with E-state index in [1.807, 2.05) is 0 Å². The lowest BCUT2D eigenvalue weighted by Crippen LogP contribution is -2.27. The molecule has 0 radical (unpaired) electrons. The maximum absolute atomic E-state index is 6.70. The molecule has 30 heavy (non-hydrogen) atoms. The number of ether oxygens (including phenoxy) is 2. The molecule has 2 aromatic carbocycles. The van der Waals surface area contributed by atoms with Crippen molar-refractivity contribution < 1.29 is 9.47 Å². The predicted octanol–water partition coefficient (Wildman–Crippen LogP) is 5.76. The van der Waals surface area contributed by atoms with E-state index < -0.39 is 0 Å². The molecule has 0 fully saturated rings. The minimum Gasteiger partial charge on any atom is -0.493 e. The highest BCUT2D eigenvalue weighted by molar-refractivity contribution is 7.80. The molecule has 1 aliphatic heterocycles. The Morgan fingerprint density at radius 3 is 2.60 bits per heavy atom. The van der Waals surface area contributed by atoms with Gasteiger partial charge in [0.1, 0.15) is 0 Å². The summed E-state index contributed by atoms with van der Waals surface area (Å²) in [5, 5.41) is 0.676. The van der Waals surface area contributed by atoms with Crippen molar-refractivity contribution in [2.45, 2.75) is 25.7 Å². The number of thiocarbonyl (C=S) groups is 1. The first-order valence-electron chi connectivity index (χ1n) is 10.3. The van der Waals surface area contributed by atoms with E-state index in [-0.39, 0.29) is 0 Å². The van der Waals surface area contributed by atoms with E-state index in [0.717, 1.165) is 43.6 Å². The van der Waals surface area contributed by atoms with Crippen molar-refractivity contribution >= 4 is 34.4 Å². The first-order chi connectivity index (χ1) is 14.6. The van der Waals surface area contributed by atoms with Crippen LogP contribution in [0.25, 0.3) is 0 Å². The van der Waals surface area contributed by atoms with E-state index in [2.05, 4.69) is 53.5 Å². The molecule has 1 heterocycles. The summed E-state index contributed by atoms with van der Waals surface area (Å²) < 4.78 is 11.0. The molecule has 3 nitrogen and oxygen atoms in total. The van der Waals surface area contributed by atoms with Gasteiger partial charge in [0.05, 0.1) is 19.2 Å². The van der Waals surface area contributed by atoms with Crippen LogP contribution in [0.3, 0.4) is 0 Å². The number of allylic oxidation sites excluding steroid dienone is 4. The molecule has 156 valence electrons. The van der Waals surface area contributed by atoms with E-state index in [1.54, 1.807) is 14.2 Å². The lowest BCUT2D eigenvalue weighted by atomic mass is 9.98. The van der Waals surface area contributed by atoms with Gasteiger partial charge in [-0.25, -0.2) is 0 Å². The zero-order valence-electron chi connectivity index (χ0n) is 17.4. The van der Waals surface area contributed by atoms with Gasteiger partial charge in [0.2, 0.25) is 0 Å². The Hall–Kier alpha value is -2.30. The van der Waals surface area contributed by atoms with Crippen LogP contribution in [-0.2, 0) is 19.3 Å². The largest absolute Gasteiger partial charge is 0.493 e. The summed E-state index contributed by atoms with van der Waals surface area (Å²) in [5.74, 6) is 1.32. The number of rotatable bonds is 5. The Balaban J connectivity index is 1.59. The van der Waals surface area contributed by atoms with Gasteiger partial charge in [-0.15, -0.1) is 0 Å². The van der Waals surface area contributed by atoms with Crippen molar-refractivity contribution in [2.75, 3.05) is 32.2 Å². The van der Waals surface area contributed by atoms with E-state index in [1.165, 1.54) is 28.0 Å². The lowest BCUT2D eigenvalue weighted by Gasteiger charge is -2.26. The SMILES string of the molecule is COc1cc2c(c(Cl)c1OC)CCN(c1ccccc1CC1=CCC(=S)C=C1)CC2. The van der Waals surface area contributed by atoms with Gasteiger partial charge >= 0.3 is 0 Å². The topological polar surface area (TPSA) is 21.7 Å². The molecule has 5 heteroatoms. The van der Waals surface area contributed by atoms with Gasteiger partial charge < -0.3 is 14.4 Å². The molecular formula is C25H26ClNO2S. The Labute approximate surface area is 188 Å². The van der Waals surface area contributed by atoms with Crippen LogP contribution in [0.1, 0.15) is 23.1 Å². The number of nitrogens with zero attached hydrogens (tertiary/aromatic N) is 1. The van der Waals surface area contributed by atoms with Crippen LogP contribution in [0.2, 0.25) is 5.02 Å². The number of anilines is 1. The van der Waals surface area contributed by atoms with Crippen molar-refractivity contribution in [3.05, 3.63) is 75.8 Å². The van der Waals surface area contributed by atoms with Gasteiger partial charge in [0.15, 0.2) is 11.5 Å². The van der Waals surface area contributed by atoms with E-state index in [9.17, 15) is 0 Å². The third-order valence-electron chi connectivity index (χ3n) is 5.86. The second-order valence-corrected chi connectivity index (χ2v) is 8.54. The molecule has 0 saturated heterocycles. The molecule has 2 aromatic rings. The van der Waals surface area contributed by atoms with Gasteiger partial charge in [0, 0.05) is 30.1 Å². The molecule has 0 unspecified atom stereocenters. The molecule has 2 aliphatic rings. The third kappa shape index (κ3) is 4.26. The average Bonchev–Trinajstić information content (AvgIpc) is 2.98. The minimum atomic E-state index is 0.626. The van der Waals surface area contributed by atoms with Crippen LogP contribution >= 0.6 is 23.8 Å².